The molecule has 23 heavy (non-hydrogen) atoms. The molecule has 1 atom stereocenters. The first-order valence-electron chi connectivity index (χ1n) is 7.67. The van der Waals surface area contributed by atoms with Gasteiger partial charge in [0.1, 0.15) is 12.6 Å². The monoisotopic (exact) mass is 371 g/mol. The highest BCUT2D eigenvalue weighted by Crippen LogP contribution is 2.32. The van der Waals surface area contributed by atoms with Crippen molar-refractivity contribution in [1.82, 2.24) is 0 Å². The zero-order valence-corrected chi connectivity index (χ0v) is 15.3. The first-order chi connectivity index (χ1) is 10.8. The fourth-order valence-electron chi connectivity index (χ4n) is 3.15. The molecule has 2 aromatic heterocycles. The minimum Gasteiger partial charge on any atom is -1.00 e. The topological polar surface area (TPSA) is 44.9 Å². The second-order valence-corrected chi connectivity index (χ2v) is 7.35. The second kappa shape index (κ2) is 8.97. The van der Waals surface area contributed by atoms with Gasteiger partial charge in [0.15, 0.2) is 0 Å². The molecule has 0 spiro atoms. The van der Waals surface area contributed by atoms with Gasteiger partial charge in [0.2, 0.25) is 0 Å². The fraction of sp³-hybridized carbons (Fsp3) is 0.412. The number of aliphatic hydroxyl groups excluding tert-OH is 2. The lowest BCUT2D eigenvalue weighted by Crippen LogP contribution is -3.14. The maximum absolute atomic E-state index is 9.61. The Morgan fingerprint density at radius 1 is 1.09 bits per heavy atom. The average molecular weight is 372 g/mol. The summed E-state index contributed by atoms with van der Waals surface area (Å²) in [4.78, 5) is 1.39. The molecule has 1 fully saturated rings. The van der Waals surface area contributed by atoms with Crippen LogP contribution in [0.25, 0.3) is 5.57 Å². The zero-order chi connectivity index (χ0) is 15.4. The number of halogens is 1. The lowest BCUT2D eigenvalue weighted by atomic mass is 9.91. The Labute approximate surface area is 151 Å². The van der Waals surface area contributed by atoms with Crippen LogP contribution >= 0.6 is 22.7 Å². The number of quaternary nitrogens is 1. The standard InChI is InChI=1S/C17H21NO2S2.ClH/c19-10-16(20)9-18-5-1-13(2-6-18)17(14-3-7-21-11-14)15-4-8-22-12-15;/h3-4,7-8,11-12,16,19-20H,1-2,5-6,9-10H2;1H. The van der Waals surface area contributed by atoms with E-state index in [9.17, 15) is 5.11 Å². The largest absolute Gasteiger partial charge is 1.00 e. The number of piperidine rings is 1. The number of hydrogen-bond acceptors (Lipinski definition) is 4. The fourth-order valence-corrected chi connectivity index (χ4v) is 4.44. The van der Waals surface area contributed by atoms with E-state index in [1.54, 1.807) is 22.7 Å². The molecule has 0 aliphatic carbocycles. The Morgan fingerprint density at radius 2 is 1.65 bits per heavy atom. The third kappa shape index (κ3) is 4.66. The number of likely N-dealkylation sites (tertiary alicyclic amines) is 1. The summed E-state index contributed by atoms with van der Waals surface area (Å²) in [5.41, 5.74) is 5.60. The first kappa shape index (κ1) is 18.6. The molecule has 3 N–H and O–H groups in total. The van der Waals surface area contributed by atoms with E-state index in [1.807, 2.05) is 0 Å². The third-order valence-corrected chi connectivity index (χ3v) is 5.64. The molecule has 1 aliphatic heterocycles. The van der Waals surface area contributed by atoms with Crippen LogP contribution in [0, 0.1) is 0 Å². The average Bonchev–Trinajstić information content (AvgIpc) is 3.23. The molecule has 0 amide bonds. The molecule has 0 bridgehead atoms. The van der Waals surface area contributed by atoms with Crippen molar-refractivity contribution in [2.75, 3.05) is 26.2 Å². The Bertz CT molecular complexity index is 564. The van der Waals surface area contributed by atoms with Gasteiger partial charge in [0, 0.05) is 12.8 Å². The minimum atomic E-state index is -0.589. The Hall–Kier alpha value is -0.690. The van der Waals surface area contributed by atoms with Gasteiger partial charge in [-0.25, -0.2) is 0 Å². The highest BCUT2D eigenvalue weighted by atomic mass is 35.5. The summed E-state index contributed by atoms with van der Waals surface area (Å²) in [5.74, 6) is 0. The quantitative estimate of drug-likeness (QED) is 0.608. The molecule has 1 unspecified atom stereocenters. The van der Waals surface area contributed by atoms with Crippen LogP contribution < -0.4 is 17.3 Å². The number of aliphatic hydroxyl groups is 2. The number of hydrogen-bond donors (Lipinski definition) is 3. The van der Waals surface area contributed by atoms with Crippen LogP contribution in [0.1, 0.15) is 24.0 Å². The van der Waals surface area contributed by atoms with Crippen LogP contribution in [0.5, 0.6) is 0 Å². The van der Waals surface area contributed by atoms with E-state index in [0.29, 0.717) is 6.54 Å². The van der Waals surface area contributed by atoms with Crippen molar-refractivity contribution in [2.45, 2.75) is 18.9 Å². The van der Waals surface area contributed by atoms with Crippen LogP contribution in [0.4, 0.5) is 0 Å². The van der Waals surface area contributed by atoms with Crippen LogP contribution in [0.2, 0.25) is 0 Å². The SMILES string of the molecule is OCC(O)C[NH+]1CCC(=C(c2ccsc2)c2ccsc2)CC1.[Cl-]. The van der Waals surface area contributed by atoms with E-state index in [-0.39, 0.29) is 19.0 Å². The summed E-state index contributed by atoms with van der Waals surface area (Å²) in [6.45, 7) is 2.58. The van der Waals surface area contributed by atoms with Gasteiger partial charge in [-0.3, -0.25) is 0 Å². The highest BCUT2D eigenvalue weighted by Gasteiger charge is 2.23. The van der Waals surface area contributed by atoms with Gasteiger partial charge in [-0.2, -0.15) is 22.7 Å². The Kier molecular flexibility index (Phi) is 7.27. The van der Waals surface area contributed by atoms with Crippen molar-refractivity contribution in [3.63, 3.8) is 0 Å². The summed E-state index contributed by atoms with van der Waals surface area (Å²) in [6.07, 6.45) is 1.54. The van der Waals surface area contributed by atoms with Gasteiger partial charge in [-0.15, -0.1) is 0 Å². The van der Waals surface area contributed by atoms with Gasteiger partial charge in [-0.1, -0.05) is 5.57 Å². The van der Waals surface area contributed by atoms with Crippen molar-refractivity contribution in [3.05, 3.63) is 50.4 Å². The summed E-state index contributed by atoms with van der Waals surface area (Å²) in [6, 6.07) is 4.42. The first-order valence-corrected chi connectivity index (χ1v) is 9.56. The molecule has 2 aromatic rings. The molecule has 1 saturated heterocycles. The molecular weight excluding hydrogens is 350 g/mol. The van der Waals surface area contributed by atoms with E-state index in [1.165, 1.54) is 27.2 Å². The molecular formula is C17H22ClNO2S2. The van der Waals surface area contributed by atoms with Crippen LogP contribution in [-0.4, -0.2) is 42.6 Å². The minimum absolute atomic E-state index is 0. The van der Waals surface area contributed by atoms with Gasteiger partial charge in [0.05, 0.1) is 19.7 Å². The molecule has 6 heteroatoms. The van der Waals surface area contributed by atoms with Crippen LogP contribution in [0.15, 0.2) is 39.2 Å². The number of nitrogens with one attached hydrogen (secondary N) is 1. The van der Waals surface area contributed by atoms with Crippen molar-refractivity contribution in [3.8, 4) is 0 Å². The predicted molar refractivity (Wildman–Crippen MR) is 92.6 cm³/mol. The summed E-state index contributed by atoms with van der Waals surface area (Å²) in [7, 11) is 0. The van der Waals surface area contributed by atoms with Gasteiger partial charge >= 0.3 is 0 Å². The molecule has 0 saturated carbocycles. The summed E-state index contributed by atoms with van der Waals surface area (Å²) in [5, 5.41) is 27.3. The van der Waals surface area contributed by atoms with Crippen LogP contribution in [-0.2, 0) is 0 Å². The third-order valence-electron chi connectivity index (χ3n) is 4.27. The van der Waals surface area contributed by atoms with Crippen molar-refractivity contribution in [1.29, 1.82) is 0 Å². The number of thiophene rings is 2. The lowest BCUT2D eigenvalue weighted by Gasteiger charge is -2.28. The van der Waals surface area contributed by atoms with E-state index in [0.717, 1.165) is 25.9 Å². The molecule has 0 radical (unpaired) electrons. The maximum atomic E-state index is 9.61. The molecule has 3 heterocycles. The van der Waals surface area contributed by atoms with Gasteiger partial charge < -0.3 is 27.5 Å². The molecule has 1 aliphatic rings. The number of rotatable bonds is 5. The van der Waals surface area contributed by atoms with E-state index < -0.39 is 6.10 Å². The van der Waals surface area contributed by atoms with Crippen molar-refractivity contribution < 1.29 is 27.5 Å². The Morgan fingerprint density at radius 3 is 2.09 bits per heavy atom. The van der Waals surface area contributed by atoms with E-state index in [2.05, 4.69) is 33.7 Å². The Balaban J connectivity index is 0.00000192. The molecule has 3 rings (SSSR count). The van der Waals surface area contributed by atoms with Crippen LogP contribution in [0.3, 0.4) is 0 Å². The summed E-state index contributed by atoms with van der Waals surface area (Å²) < 4.78 is 0. The predicted octanol–water partition coefficient (Wildman–Crippen LogP) is -1.35. The summed E-state index contributed by atoms with van der Waals surface area (Å²) >= 11 is 3.49. The smallest absolute Gasteiger partial charge is 0.126 e. The zero-order valence-electron chi connectivity index (χ0n) is 12.9. The van der Waals surface area contributed by atoms with Crippen molar-refractivity contribution >= 4 is 28.2 Å². The van der Waals surface area contributed by atoms with Gasteiger partial charge in [0.25, 0.3) is 0 Å². The maximum Gasteiger partial charge on any atom is 0.126 e. The molecule has 126 valence electrons. The lowest BCUT2D eigenvalue weighted by molar-refractivity contribution is -0.905. The van der Waals surface area contributed by atoms with Crippen molar-refractivity contribution in [2.24, 2.45) is 0 Å². The van der Waals surface area contributed by atoms with Gasteiger partial charge in [-0.05, 0) is 50.4 Å². The van der Waals surface area contributed by atoms with E-state index >= 15 is 0 Å². The normalized spacial score (nSPS) is 19.2. The second-order valence-electron chi connectivity index (χ2n) is 5.79. The molecule has 3 nitrogen and oxygen atoms in total. The molecule has 0 aromatic carbocycles. The van der Waals surface area contributed by atoms with E-state index in [4.69, 9.17) is 5.11 Å². The highest BCUT2D eigenvalue weighted by molar-refractivity contribution is 7.08.